The van der Waals surface area contributed by atoms with Crippen molar-refractivity contribution < 1.29 is 23.9 Å². The minimum Gasteiger partial charge on any atom is -0.481 e. The predicted molar refractivity (Wildman–Crippen MR) is 118 cm³/mol. The highest BCUT2D eigenvalue weighted by Crippen LogP contribution is 2.24. The summed E-state index contributed by atoms with van der Waals surface area (Å²) in [5, 5.41) is 7.22. The Balaban J connectivity index is 1.55. The fourth-order valence-corrected chi connectivity index (χ4v) is 3.13. The average Bonchev–Trinajstić information content (AvgIpc) is 2.79. The van der Waals surface area contributed by atoms with Gasteiger partial charge in [-0.05, 0) is 61.6 Å². The molecule has 2 amide bonds. The van der Waals surface area contributed by atoms with Crippen molar-refractivity contribution in [1.82, 2.24) is 15.6 Å². The Morgan fingerprint density at radius 1 is 1.06 bits per heavy atom. The number of benzene rings is 1. The molecule has 0 atom stereocenters. The van der Waals surface area contributed by atoms with Crippen molar-refractivity contribution in [2.75, 3.05) is 26.8 Å². The number of ether oxygens (including phenoxy) is 2. The number of nitrogens with zero attached hydrogens (tertiary/aromatic N) is 1. The Hall–Kier alpha value is -3.16. The highest BCUT2D eigenvalue weighted by molar-refractivity contribution is 5.87. The summed E-state index contributed by atoms with van der Waals surface area (Å²) < 4.78 is 10.4. The maximum Gasteiger partial charge on any atom is 0.407 e. The monoisotopic (exact) mass is 429 g/mol. The molecule has 2 aromatic rings. The van der Waals surface area contributed by atoms with Gasteiger partial charge < -0.3 is 24.9 Å². The standard InChI is InChI=1S/C23H31N3O5/c1-30-22-20-16-18(9-10-19(20)11-13-25-22)8-4-2-7-15-31-23(29)26-17-21(28)24-12-5-3-6-14-27/h9-11,13-14,16H,2-8,12,15,17H2,1H3,(H,24,28)(H,26,29). The number of amides is 2. The molecule has 168 valence electrons. The number of carbonyl (C=O) groups is 3. The third-order valence-electron chi connectivity index (χ3n) is 4.79. The van der Waals surface area contributed by atoms with Crippen LogP contribution in [0.4, 0.5) is 4.79 Å². The number of carbonyl (C=O) groups excluding carboxylic acids is 3. The zero-order chi connectivity index (χ0) is 22.3. The first kappa shape index (κ1) is 24.1. The molecule has 0 fully saturated rings. The molecule has 0 saturated heterocycles. The summed E-state index contributed by atoms with van der Waals surface area (Å²) in [6.45, 7) is 0.686. The van der Waals surface area contributed by atoms with Crippen LogP contribution in [0.5, 0.6) is 5.88 Å². The molecule has 2 N–H and O–H groups in total. The van der Waals surface area contributed by atoms with E-state index < -0.39 is 6.09 Å². The van der Waals surface area contributed by atoms with E-state index in [0.29, 0.717) is 25.5 Å². The maximum atomic E-state index is 11.6. The summed E-state index contributed by atoms with van der Waals surface area (Å²) in [5.74, 6) is 0.357. The number of aryl methyl sites for hydroxylation is 1. The quantitative estimate of drug-likeness (QED) is 0.353. The van der Waals surface area contributed by atoms with Crippen LogP contribution in [0.3, 0.4) is 0 Å². The highest BCUT2D eigenvalue weighted by Gasteiger charge is 2.06. The molecular weight excluding hydrogens is 398 g/mol. The van der Waals surface area contributed by atoms with Crippen molar-refractivity contribution in [3.05, 3.63) is 36.0 Å². The van der Waals surface area contributed by atoms with Gasteiger partial charge in [0.1, 0.15) is 6.29 Å². The van der Waals surface area contributed by atoms with Gasteiger partial charge in [-0.3, -0.25) is 4.79 Å². The smallest absolute Gasteiger partial charge is 0.407 e. The zero-order valence-corrected chi connectivity index (χ0v) is 18.0. The molecule has 8 heteroatoms. The van der Waals surface area contributed by atoms with Crippen LogP contribution in [-0.2, 0) is 20.7 Å². The van der Waals surface area contributed by atoms with Crippen LogP contribution in [0, 0.1) is 0 Å². The van der Waals surface area contributed by atoms with Gasteiger partial charge in [0, 0.05) is 24.5 Å². The van der Waals surface area contributed by atoms with E-state index in [0.717, 1.165) is 55.6 Å². The van der Waals surface area contributed by atoms with Crippen LogP contribution in [0.2, 0.25) is 0 Å². The number of nitrogens with one attached hydrogen (secondary N) is 2. The lowest BCUT2D eigenvalue weighted by Gasteiger charge is -2.08. The van der Waals surface area contributed by atoms with Crippen molar-refractivity contribution in [3.63, 3.8) is 0 Å². The minimum atomic E-state index is -0.592. The van der Waals surface area contributed by atoms with E-state index in [9.17, 15) is 14.4 Å². The molecule has 0 aliphatic carbocycles. The Morgan fingerprint density at radius 3 is 2.74 bits per heavy atom. The molecule has 0 aliphatic rings. The van der Waals surface area contributed by atoms with Gasteiger partial charge in [0.25, 0.3) is 0 Å². The summed E-state index contributed by atoms with van der Waals surface area (Å²) in [6.07, 6.45) is 7.56. The fourth-order valence-electron chi connectivity index (χ4n) is 3.13. The molecule has 8 nitrogen and oxygen atoms in total. The van der Waals surface area contributed by atoms with Crippen molar-refractivity contribution >= 4 is 29.1 Å². The normalized spacial score (nSPS) is 10.5. The van der Waals surface area contributed by atoms with Gasteiger partial charge in [-0.25, -0.2) is 9.78 Å². The third-order valence-corrected chi connectivity index (χ3v) is 4.79. The largest absolute Gasteiger partial charge is 0.481 e. The molecule has 1 heterocycles. The number of alkyl carbamates (subject to hydrolysis) is 1. The number of pyridine rings is 1. The van der Waals surface area contributed by atoms with E-state index in [2.05, 4.69) is 33.8 Å². The van der Waals surface area contributed by atoms with Crippen molar-refractivity contribution in [1.29, 1.82) is 0 Å². The Bertz CT molecular complexity index is 856. The van der Waals surface area contributed by atoms with Gasteiger partial charge in [-0.15, -0.1) is 0 Å². The number of methoxy groups -OCH3 is 1. The highest BCUT2D eigenvalue weighted by atomic mass is 16.5. The summed E-state index contributed by atoms with van der Waals surface area (Å²) >= 11 is 0. The van der Waals surface area contributed by atoms with Gasteiger partial charge in [0.05, 0.1) is 20.3 Å². The molecule has 0 aliphatic heterocycles. The summed E-state index contributed by atoms with van der Waals surface area (Å²) in [4.78, 5) is 37.7. The second-order valence-corrected chi connectivity index (χ2v) is 7.19. The van der Waals surface area contributed by atoms with E-state index in [-0.39, 0.29) is 12.5 Å². The number of hydrogen-bond donors (Lipinski definition) is 2. The lowest BCUT2D eigenvalue weighted by Crippen LogP contribution is -2.37. The van der Waals surface area contributed by atoms with Gasteiger partial charge in [0.2, 0.25) is 11.8 Å². The fraction of sp³-hybridized carbons (Fsp3) is 0.478. The minimum absolute atomic E-state index is 0.118. The number of aldehydes is 1. The summed E-state index contributed by atoms with van der Waals surface area (Å²) in [7, 11) is 1.62. The van der Waals surface area contributed by atoms with Crippen LogP contribution >= 0.6 is 0 Å². The molecule has 1 aromatic heterocycles. The first-order valence-corrected chi connectivity index (χ1v) is 10.7. The first-order valence-electron chi connectivity index (χ1n) is 10.7. The molecule has 31 heavy (non-hydrogen) atoms. The zero-order valence-electron chi connectivity index (χ0n) is 18.0. The lowest BCUT2D eigenvalue weighted by atomic mass is 10.0. The number of rotatable bonds is 14. The Labute approximate surface area is 182 Å². The lowest BCUT2D eigenvalue weighted by molar-refractivity contribution is -0.120. The van der Waals surface area contributed by atoms with Crippen LogP contribution in [0.25, 0.3) is 10.8 Å². The second-order valence-electron chi connectivity index (χ2n) is 7.19. The molecule has 0 unspecified atom stereocenters. The maximum absolute atomic E-state index is 11.6. The Kier molecular flexibility index (Phi) is 10.9. The van der Waals surface area contributed by atoms with E-state index in [1.54, 1.807) is 13.3 Å². The molecule has 2 rings (SSSR count). The molecular formula is C23H31N3O5. The number of fused-ring (bicyclic) bond motifs is 1. The number of hydrogen-bond acceptors (Lipinski definition) is 6. The third kappa shape index (κ3) is 9.02. The first-order chi connectivity index (χ1) is 15.1. The molecule has 0 radical (unpaired) electrons. The average molecular weight is 430 g/mol. The second kappa shape index (κ2) is 14.0. The van der Waals surface area contributed by atoms with Gasteiger partial charge in [-0.1, -0.05) is 12.1 Å². The van der Waals surface area contributed by atoms with Crippen LogP contribution in [-0.4, -0.2) is 50.1 Å². The van der Waals surface area contributed by atoms with Gasteiger partial charge in [0.15, 0.2) is 0 Å². The van der Waals surface area contributed by atoms with E-state index in [4.69, 9.17) is 9.47 Å². The SMILES string of the molecule is COc1nccc2ccc(CCCCCOC(=O)NCC(=O)NCCCCC=O)cc12. The van der Waals surface area contributed by atoms with Crippen molar-refractivity contribution in [3.8, 4) is 5.88 Å². The van der Waals surface area contributed by atoms with Crippen molar-refractivity contribution in [2.24, 2.45) is 0 Å². The molecule has 1 aromatic carbocycles. The number of aromatic nitrogens is 1. The van der Waals surface area contributed by atoms with Gasteiger partial charge >= 0.3 is 6.09 Å². The number of unbranched alkanes of at least 4 members (excludes halogenated alkanes) is 4. The van der Waals surface area contributed by atoms with Gasteiger partial charge in [-0.2, -0.15) is 0 Å². The van der Waals surface area contributed by atoms with E-state index >= 15 is 0 Å². The van der Waals surface area contributed by atoms with E-state index in [1.165, 1.54) is 5.56 Å². The molecule has 0 bridgehead atoms. The van der Waals surface area contributed by atoms with Crippen molar-refractivity contribution in [2.45, 2.75) is 44.9 Å². The molecule has 0 saturated carbocycles. The Morgan fingerprint density at radius 2 is 1.94 bits per heavy atom. The van der Waals surface area contributed by atoms with Crippen LogP contribution in [0.1, 0.15) is 44.1 Å². The predicted octanol–water partition coefficient (Wildman–Crippen LogP) is 3.17. The van der Waals surface area contributed by atoms with E-state index in [1.807, 2.05) is 6.07 Å². The van der Waals surface area contributed by atoms with Crippen LogP contribution in [0.15, 0.2) is 30.5 Å². The summed E-state index contributed by atoms with van der Waals surface area (Å²) in [5.41, 5.74) is 1.22. The topological polar surface area (TPSA) is 107 Å². The van der Waals surface area contributed by atoms with Crippen LogP contribution < -0.4 is 15.4 Å². The summed E-state index contributed by atoms with van der Waals surface area (Å²) in [6, 6.07) is 8.25. The molecule has 0 spiro atoms.